The molecule has 0 bridgehead atoms. The summed E-state index contributed by atoms with van der Waals surface area (Å²) < 4.78 is 17.0. The number of carbonyl (C=O) groups excluding carboxylic acids is 3. The molecule has 2 saturated carbocycles. The van der Waals surface area contributed by atoms with Crippen LogP contribution in [0.4, 0.5) is 4.79 Å². The molecule has 0 unspecified atom stereocenters. The van der Waals surface area contributed by atoms with Crippen LogP contribution < -0.4 is 4.74 Å². The summed E-state index contributed by atoms with van der Waals surface area (Å²) in [6, 6.07) is 5.87. The third-order valence-corrected chi connectivity index (χ3v) is 9.74. The molecule has 1 N–H and O–H groups in total. The summed E-state index contributed by atoms with van der Waals surface area (Å²) >= 11 is 0. The van der Waals surface area contributed by atoms with Crippen LogP contribution in [0.15, 0.2) is 18.2 Å². The van der Waals surface area contributed by atoms with Gasteiger partial charge in [0.15, 0.2) is 0 Å². The van der Waals surface area contributed by atoms with Crippen LogP contribution in [-0.4, -0.2) is 108 Å². The summed E-state index contributed by atoms with van der Waals surface area (Å²) in [5.74, 6) is 0.732. The van der Waals surface area contributed by atoms with Gasteiger partial charge in [0, 0.05) is 81.7 Å². The van der Waals surface area contributed by atoms with Crippen molar-refractivity contribution in [2.75, 3.05) is 46.5 Å². The van der Waals surface area contributed by atoms with E-state index in [4.69, 9.17) is 14.2 Å². The van der Waals surface area contributed by atoms with E-state index in [1.54, 1.807) is 12.0 Å². The number of benzene rings is 1. The summed E-state index contributed by atoms with van der Waals surface area (Å²) in [7, 11) is 1.67. The Labute approximate surface area is 282 Å². The van der Waals surface area contributed by atoms with Gasteiger partial charge in [-0.15, -0.1) is 0 Å². The molecule has 47 heavy (non-hydrogen) atoms. The molecule has 10 nitrogen and oxygen atoms in total. The van der Waals surface area contributed by atoms with Gasteiger partial charge in [-0.2, -0.15) is 0 Å². The number of aliphatic hydroxyl groups is 1. The Hall–Kier alpha value is -2.85. The van der Waals surface area contributed by atoms with Gasteiger partial charge < -0.3 is 34.0 Å². The maximum Gasteiger partial charge on any atom is 0.410 e. The number of methoxy groups -OCH3 is 1. The first-order valence-corrected chi connectivity index (χ1v) is 17.8. The second-order valence-corrected chi connectivity index (χ2v) is 15.1. The normalized spacial score (nSPS) is 23.1. The molecule has 0 spiro atoms. The highest BCUT2D eigenvalue weighted by molar-refractivity contribution is 5.95. The Morgan fingerprint density at radius 3 is 2.21 bits per heavy atom. The number of aliphatic hydroxyl groups excluding tert-OH is 1. The molecule has 1 aromatic rings. The minimum Gasteiger partial charge on any atom is -0.493 e. The van der Waals surface area contributed by atoms with Gasteiger partial charge in [0.2, 0.25) is 5.91 Å². The van der Waals surface area contributed by atoms with E-state index in [-0.39, 0.29) is 53.8 Å². The molecule has 0 radical (unpaired) electrons. The van der Waals surface area contributed by atoms with Crippen LogP contribution >= 0.6 is 0 Å². The molecule has 3 fully saturated rings. The van der Waals surface area contributed by atoms with Crippen LogP contribution in [0.3, 0.4) is 0 Å². The Bertz CT molecular complexity index is 1200. The van der Waals surface area contributed by atoms with Gasteiger partial charge in [0.05, 0.1) is 12.7 Å². The van der Waals surface area contributed by atoms with Crippen molar-refractivity contribution in [3.63, 3.8) is 0 Å². The van der Waals surface area contributed by atoms with Crippen molar-refractivity contribution in [2.45, 2.75) is 117 Å². The van der Waals surface area contributed by atoms with Gasteiger partial charge in [-0.1, -0.05) is 13.0 Å². The van der Waals surface area contributed by atoms with Crippen molar-refractivity contribution in [2.24, 2.45) is 17.8 Å². The van der Waals surface area contributed by atoms with Crippen molar-refractivity contribution < 1.29 is 33.7 Å². The highest BCUT2D eigenvalue weighted by atomic mass is 16.6. The van der Waals surface area contributed by atoms with Crippen LogP contribution in [-0.2, 0) is 20.7 Å². The Kier molecular flexibility index (Phi) is 13.0. The number of carbonyl (C=O) groups is 3. The number of amides is 3. The minimum atomic E-state index is -0.625. The van der Waals surface area contributed by atoms with E-state index in [2.05, 4.69) is 11.8 Å². The molecule has 0 aromatic heterocycles. The molecular formula is C37H59N3O7. The number of hydrogen-bond acceptors (Lipinski definition) is 7. The van der Waals surface area contributed by atoms with E-state index in [9.17, 15) is 19.5 Å². The molecule has 1 aliphatic heterocycles. The predicted octanol–water partition coefficient (Wildman–Crippen LogP) is 5.54. The molecule has 1 heterocycles. The predicted molar refractivity (Wildman–Crippen MR) is 181 cm³/mol. The van der Waals surface area contributed by atoms with Crippen LogP contribution in [0, 0.1) is 17.8 Å². The van der Waals surface area contributed by atoms with Gasteiger partial charge >= 0.3 is 6.09 Å². The summed E-state index contributed by atoms with van der Waals surface area (Å²) in [6.45, 7) is 14.8. The van der Waals surface area contributed by atoms with Crippen LogP contribution in [0.1, 0.15) is 102 Å². The monoisotopic (exact) mass is 657 g/mol. The smallest absolute Gasteiger partial charge is 0.410 e. The fourth-order valence-electron chi connectivity index (χ4n) is 6.89. The van der Waals surface area contributed by atoms with Gasteiger partial charge in [-0.25, -0.2) is 4.79 Å². The Balaban J connectivity index is 1.55. The second kappa shape index (κ2) is 16.5. The van der Waals surface area contributed by atoms with Gasteiger partial charge in [0.1, 0.15) is 11.4 Å². The molecular weight excluding hydrogens is 598 g/mol. The molecule has 264 valence electrons. The lowest BCUT2D eigenvalue weighted by Crippen LogP contribution is -2.46. The third kappa shape index (κ3) is 10.3. The first kappa shape index (κ1) is 37.0. The van der Waals surface area contributed by atoms with Crippen LogP contribution in [0.25, 0.3) is 0 Å². The Morgan fingerprint density at radius 2 is 1.64 bits per heavy atom. The summed E-state index contributed by atoms with van der Waals surface area (Å²) in [5, 5.41) is 10.0. The number of ether oxygens (including phenoxy) is 3. The highest BCUT2D eigenvalue weighted by Crippen LogP contribution is 2.36. The van der Waals surface area contributed by atoms with Gasteiger partial charge in [-0.3, -0.25) is 9.59 Å². The number of rotatable bonds is 14. The summed E-state index contributed by atoms with van der Waals surface area (Å²) in [6.07, 6.45) is 5.63. The molecule has 3 amide bonds. The van der Waals surface area contributed by atoms with E-state index >= 15 is 0 Å². The number of aryl methyl sites for hydroxylation is 1. The average molecular weight is 658 g/mol. The first-order valence-electron chi connectivity index (χ1n) is 17.8. The largest absolute Gasteiger partial charge is 0.493 e. The number of hydrogen-bond donors (Lipinski definition) is 1. The summed E-state index contributed by atoms with van der Waals surface area (Å²) in [4.78, 5) is 47.0. The minimum absolute atomic E-state index is 0.00237. The number of likely N-dealkylation sites (tertiary alicyclic amines) is 1. The van der Waals surface area contributed by atoms with Crippen molar-refractivity contribution in [1.82, 2.24) is 14.7 Å². The zero-order valence-corrected chi connectivity index (χ0v) is 29.8. The average Bonchev–Trinajstić information content (AvgIpc) is 3.79. The van der Waals surface area contributed by atoms with Gasteiger partial charge in [-0.05, 0) is 97.3 Å². The summed E-state index contributed by atoms with van der Waals surface area (Å²) in [5.41, 5.74) is 1.00. The van der Waals surface area contributed by atoms with E-state index in [0.717, 1.165) is 37.0 Å². The zero-order valence-electron chi connectivity index (χ0n) is 29.8. The van der Waals surface area contributed by atoms with E-state index in [1.165, 1.54) is 0 Å². The van der Waals surface area contributed by atoms with Crippen LogP contribution in [0.5, 0.6) is 5.75 Å². The number of nitrogens with zero attached hydrogens (tertiary/aromatic N) is 3. The van der Waals surface area contributed by atoms with Crippen molar-refractivity contribution in [3.05, 3.63) is 29.3 Å². The topological polar surface area (TPSA) is 109 Å². The van der Waals surface area contributed by atoms with E-state index in [0.29, 0.717) is 70.6 Å². The second-order valence-electron chi connectivity index (χ2n) is 15.1. The molecule has 1 saturated heterocycles. The fraction of sp³-hybridized carbons (Fsp3) is 0.757. The van der Waals surface area contributed by atoms with Crippen molar-refractivity contribution in [1.29, 1.82) is 0 Å². The molecule has 10 heteroatoms. The third-order valence-electron chi connectivity index (χ3n) is 9.74. The van der Waals surface area contributed by atoms with E-state index in [1.807, 2.05) is 57.7 Å². The zero-order chi connectivity index (χ0) is 34.3. The van der Waals surface area contributed by atoms with Crippen molar-refractivity contribution in [3.8, 4) is 5.75 Å². The lowest BCUT2D eigenvalue weighted by atomic mass is 9.86. The molecule has 2 aliphatic carbocycles. The maximum absolute atomic E-state index is 14.2. The maximum atomic E-state index is 14.2. The van der Waals surface area contributed by atoms with Crippen molar-refractivity contribution >= 4 is 17.9 Å². The molecule has 2 atom stereocenters. The molecule has 3 aliphatic rings. The Morgan fingerprint density at radius 1 is 0.979 bits per heavy atom. The first-order chi connectivity index (χ1) is 22.3. The van der Waals surface area contributed by atoms with Crippen LogP contribution in [0.2, 0.25) is 0 Å². The lowest BCUT2D eigenvalue weighted by Gasteiger charge is -2.35. The quantitative estimate of drug-likeness (QED) is 0.262. The standard InChI is InChI=1S/C37H59N3O7/c1-8-26-10-11-28(20-33(26)46-19-9-18-45-7)35(43)39(25(2)3)23-29-21-38(36(44)47-37(4,5)6)22-30(29)24-40(31-14-15-31)34(42)27-12-16-32(41)17-13-27/h10-11,20,25,27,29-32,41H,8-9,12-19,21-24H2,1-7H3/t27?,29-,30-,32?/m0/s1. The highest BCUT2D eigenvalue weighted by Gasteiger charge is 2.44. The molecule has 4 rings (SSSR count). The molecule has 1 aromatic carbocycles. The fourth-order valence-corrected chi connectivity index (χ4v) is 6.89. The lowest BCUT2D eigenvalue weighted by molar-refractivity contribution is -0.138. The SMILES string of the molecule is CCc1ccc(C(=O)N(C[C@@H]2CN(C(=O)OC(C)(C)C)C[C@H]2CN(C(=O)C2CCC(O)CC2)C2CC2)C(C)C)cc1OCCCOC. The van der Waals surface area contributed by atoms with Gasteiger partial charge in [0.25, 0.3) is 5.91 Å². The van der Waals surface area contributed by atoms with E-state index < -0.39 is 5.60 Å².